The van der Waals surface area contributed by atoms with Gasteiger partial charge in [-0.25, -0.2) is 4.79 Å². The molecule has 1 heterocycles. The fourth-order valence-electron chi connectivity index (χ4n) is 2.83. The van der Waals surface area contributed by atoms with Crippen LogP contribution in [0.25, 0.3) is 0 Å². The van der Waals surface area contributed by atoms with Crippen LogP contribution in [0, 0.1) is 17.2 Å². The van der Waals surface area contributed by atoms with E-state index < -0.39 is 5.97 Å². The molecule has 6 heteroatoms. The molecule has 1 aromatic rings. The number of nitriles is 1. The number of nitrogens with zero attached hydrogens (tertiary/aromatic N) is 2. The average molecular weight is 304 g/mol. The number of benzene rings is 1. The number of anilines is 1. The molecule has 118 valence electrons. The largest absolute Gasteiger partial charge is 0.465 e. The van der Waals surface area contributed by atoms with Crippen LogP contribution in [0.5, 0.6) is 0 Å². The second kappa shape index (κ2) is 7.25. The Labute approximate surface area is 130 Å². The van der Waals surface area contributed by atoms with E-state index in [9.17, 15) is 10.1 Å². The summed E-state index contributed by atoms with van der Waals surface area (Å²) in [5, 5.41) is 9.23. The van der Waals surface area contributed by atoms with E-state index >= 15 is 0 Å². The van der Waals surface area contributed by atoms with Crippen molar-refractivity contribution < 1.29 is 19.0 Å². The van der Waals surface area contributed by atoms with Crippen molar-refractivity contribution in [1.29, 1.82) is 5.26 Å². The third kappa shape index (κ3) is 3.21. The Morgan fingerprint density at radius 3 is 2.68 bits per heavy atom. The van der Waals surface area contributed by atoms with Crippen LogP contribution < -0.4 is 4.90 Å². The van der Waals surface area contributed by atoms with E-state index in [1.54, 1.807) is 26.4 Å². The molecule has 0 radical (unpaired) electrons. The predicted molar refractivity (Wildman–Crippen MR) is 80.6 cm³/mol. The maximum absolute atomic E-state index is 11.6. The molecule has 1 atom stereocenters. The first kappa shape index (κ1) is 16.3. The second-order valence-electron chi connectivity index (χ2n) is 5.17. The molecular weight excluding hydrogens is 284 g/mol. The Morgan fingerprint density at radius 2 is 2.09 bits per heavy atom. The molecule has 0 saturated carbocycles. The Hall–Kier alpha value is -2.10. The Morgan fingerprint density at radius 1 is 1.36 bits per heavy atom. The first-order valence-electron chi connectivity index (χ1n) is 7.07. The number of carbonyl (C=O) groups excluding carboxylic acids is 1. The smallest absolute Gasteiger partial charge is 0.339 e. The summed E-state index contributed by atoms with van der Waals surface area (Å²) >= 11 is 0. The van der Waals surface area contributed by atoms with Gasteiger partial charge in [0.15, 0.2) is 6.29 Å². The molecule has 1 aromatic carbocycles. The summed E-state index contributed by atoms with van der Waals surface area (Å²) < 4.78 is 15.3. The highest BCUT2D eigenvalue weighted by molar-refractivity contribution is 5.92. The van der Waals surface area contributed by atoms with E-state index in [2.05, 4.69) is 15.7 Å². The fraction of sp³-hybridized carbons (Fsp3) is 0.500. The molecule has 1 fully saturated rings. The van der Waals surface area contributed by atoms with Gasteiger partial charge in [-0.15, -0.1) is 0 Å². The lowest BCUT2D eigenvalue weighted by atomic mass is 10.1. The molecule has 1 aliphatic rings. The van der Waals surface area contributed by atoms with Crippen LogP contribution in [0.15, 0.2) is 18.2 Å². The van der Waals surface area contributed by atoms with Gasteiger partial charge < -0.3 is 19.1 Å². The minimum Gasteiger partial charge on any atom is -0.465 e. The molecule has 2 rings (SSSR count). The number of ether oxygens (including phenoxy) is 3. The van der Waals surface area contributed by atoms with Crippen LogP contribution in [-0.2, 0) is 14.2 Å². The molecule has 0 amide bonds. The van der Waals surface area contributed by atoms with Crippen LogP contribution >= 0.6 is 0 Å². The van der Waals surface area contributed by atoms with Crippen molar-refractivity contribution in [2.45, 2.75) is 12.7 Å². The Kier molecular flexibility index (Phi) is 5.36. The summed E-state index contributed by atoms with van der Waals surface area (Å²) in [6, 6.07) is 7.25. The Bertz CT molecular complexity index is 578. The van der Waals surface area contributed by atoms with Gasteiger partial charge in [-0.2, -0.15) is 5.26 Å². The molecule has 0 N–H and O–H groups in total. The van der Waals surface area contributed by atoms with Gasteiger partial charge in [0.05, 0.1) is 18.2 Å². The molecule has 1 unspecified atom stereocenters. The summed E-state index contributed by atoms with van der Waals surface area (Å²) in [5.41, 5.74) is 1.52. The molecule has 0 aliphatic carbocycles. The van der Waals surface area contributed by atoms with Crippen molar-refractivity contribution in [1.82, 2.24) is 0 Å². The average Bonchev–Trinajstić information content (AvgIpc) is 3.04. The minimum atomic E-state index is -0.499. The van der Waals surface area contributed by atoms with E-state index in [-0.39, 0.29) is 17.8 Å². The van der Waals surface area contributed by atoms with E-state index in [1.165, 1.54) is 7.11 Å². The van der Waals surface area contributed by atoms with Gasteiger partial charge in [-0.3, -0.25) is 0 Å². The minimum absolute atomic E-state index is 0.227. The van der Waals surface area contributed by atoms with Crippen molar-refractivity contribution in [2.75, 3.05) is 39.3 Å². The normalized spacial score (nSPS) is 17.6. The highest BCUT2D eigenvalue weighted by Crippen LogP contribution is 2.28. The third-order valence-corrected chi connectivity index (χ3v) is 3.97. The Balaban J connectivity index is 2.18. The monoisotopic (exact) mass is 304 g/mol. The lowest BCUT2D eigenvalue weighted by Gasteiger charge is -2.22. The summed E-state index contributed by atoms with van der Waals surface area (Å²) in [5.74, 6) is -0.220. The van der Waals surface area contributed by atoms with Gasteiger partial charge in [0.2, 0.25) is 0 Å². The van der Waals surface area contributed by atoms with Crippen LogP contribution in [0.2, 0.25) is 0 Å². The molecule has 0 spiro atoms. The van der Waals surface area contributed by atoms with Gasteiger partial charge in [0.25, 0.3) is 0 Å². The van der Waals surface area contributed by atoms with Crippen molar-refractivity contribution in [2.24, 2.45) is 5.92 Å². The molecule has 0 bridgehead atoms. The van der Waals surface area contributed by atoms with Crippen molar-refractivity contribution in [3.05, 3.63) is 29.3 Å². The SMILES string of the molecule is COC(=O)c1ccc(N2CCC(C(OC)OC)C2)cc1C#N. The van der Waals surface area contributed by atoms with Crippen LogP contribution in [0.3, 0.4) is 0 Å². The zero-order valence-electron chi connectivity index (χ0n) is 13.0. The summed E-state index contributed by atoms with van der Waals surface area (Å²) in [7, 11) is 4.57. The molecular formula is C16H20N2O4. The first-order valence-corrected chi connectivity index (χ1v) is 7.07. The molecule has 0 aromatic heterocycles. The molecule has 22 heavy (non-hydrogen) atoms. The second-order valence-corrected chi connectivity index (χ2v) is 5.17. The van der Waals surface area contributed by atoms with Gasteiger partial charge >= 0.3 is 5.97 Å². The lowest BCUT2D eigenvalue weighted by Crippen LogP contribution is -2.28. The lowest BCUT2D eigenvalue weighted by molar-refractivity contribution is -0.132. The standard InChI is InChI=1S/C16H20N2O4/c1-20-15(19)14-5-4-13(8-12(14)9-17)18-7-6-11(10-18)16(21-2)22-3/h4-5,8,11,16H,6-7,10H2,1-3H3. The number of carbonyl (C=O) groups is 1. The number of rotatable bonds is 5. The van der Waals surface area contributed by atoms with Gasteiger partial charge in [-0.05, 0) is 24.6 Å². The summed E-state index contributed by atoms with van der Waals surface area (Å²) in [6.07, 6.45) is 0.724. The van der Waals surface area contributed by atoms with Gasteiger partial charge in [0.1, 0.15) is 6.07 Å². The summed E-state index contributed by atoms with van der Waals surface area (Å²) in [4.78, 5) is 13.8. The molecule has 1 saturated heterocycles. The maximum Gasteiger partial charge on any atom is 0.339 e. The number of esters is 1. The van der Waals surface area contributed by atoms with E-state index in [1.807, 2.05) is 6.07 Å². The zero-order chi connectivity index (χ0) is 16.1. The highest BCUT2D eigenvalue weighted by atomic mass is 16.7. The topological polar surface area (TPSA) is 71.8 Å². The van der Waals surface area contributed by atoms with Crippen molar-refractivity contribution >= 4 is 11.7 Å². The van der Waals surface area contributed by atoms with Crippen molar-refractivity contribution in [3.63, 3.8) is 0 Å². The number of hydrogen-bond acceptors (Lipinski definition) is 6. The van der Waals surface area contributed by atoms with E-state index in [0.717, 1.165) is 25.2 Å². The number of methoxy groups -OCH3 is 3. The van der Waals surface area contributed by atoms with Crippen LogP contribution in [0.4, 0.5) is 5.69 Å². The molecule has 6 nitrogen and oxygen atoms in total. The van der Waals surface area contributed by atoms with E-state index in [0.29, 0.717) is 5.56 Å². The number of hydrogen-bond donors (Lipinski definition) is 0. The highest BCUT2D eigenvalue weighted by Gasteiger charge is 2.30. The van der Waals surface area contributed by atoms with Crippen molar-refractivity contribution in [3.8, 4) is 6.07 Å². The van der Waals surface area contributed by atoms with Crippen LogP contribution in [-0.4, -0.2) is 46.7 Å². The van der Waals surface area contributed by atoms with E-state index in [4.69, 9.17) is 9.47 Å². The fourth-order valence-corrected chi connectivity index (χ4v) is 2.83. The predicted octanol–water partition coefficient (Wildman–Crippen LogP) is 1.79. The third-order valence-electron chi connectivity index (χ3n) is 3.97. The maximum atomic E-state index is 11.6. The summed E-state index contributed by atoms with van der Waals surface area (Å²) in [6.45, 7) is 1.64. The quantitative estimate of drug-likeness (QED) is 0.610. The molecule has 1 aliphatic heterocycles. The zero-order valence-corrected chi connectivity index (χ0v) is 13.0. The first-order chi connectivity index (χ1) is 10.6. The van der Waals surface area contributed by atoms with Crippen LogP contribution in [0.1, 0.15) is 22.3 Å². The van der Waals surface area contributed by atoms with Gasteiger partial charge in [0, 0.05) is 38.9 Å². The van der Waals surface area contributed by atoms with Gasteiger partial charge in [-0.1, -0.05) is 0 Å².